The molecule has 0 saturated carbocycles. The van der Waals surface area contributed by atoms with E-state index in [2.05, 4.69) is 37.4 Å². The van der Waals surface area contributed by atoms with Gasteiger partial charge in [0, 0.05) is 22.9 Å². The lowest BCUT2D eigenvalue weighted by Crippen LogP contribution is -2.26. The van der Waals surface area contributed by atoms with Crippen molar-refractivity contribution in [3.05, 3.63) is 23.8 Å². The highest BCUT2D eigenvalue weighted by Crippen LogP contribution is 2.33. The lowest BCUT2D eigenvalue weighted by Gasteiger charge is -2.24. The molecule has 0 amide bonds. The van der Waals surface area contributed by atoms with E-state index in [1.165, 1.54) is 16.1 Å². The van der Waals surface area contributed by atoms with Crippen molar-refractivity contribution < 1.29 is 0 Å². The molecule has 0 bridgehead atoms. The molecule has 1 aliphatic rings. The van der Waals surface area contributed by atoms with Crippen LogP contribution in [0.5, 0.6) is 0 Å². The molecule has 0 spiro atoms. The minimum Gasteiger partial charge on any atom is -0.383 e. The molecule has 1 aliphatic heterocycles. The van der Waals surface area contributed by atoms with Gasteiger partial charge in [0.05, 0.1) is 0 Å². The second kappa shape index (κ2) is 4.68. The van der Waals surface area contributed by atoms with Gasteiger partial charge in [0.15, 0.2) is 0 Å². The summed E-state index contributed by atoms with van der Waals surface area (Å²) in [5.74, 6) is 1.16. The maximum atomic E-state index is 5.77. The van der Waals surface area contributed by atoms with Crippen molar-refractivity contribution in [3.8, 4) is 0 Å². The summed E-state index contributed by atoms with van der Waals surface area (Å²) in [5.41, 5.74) is 8.65. The minimum absolute atomic E-state index is 0.195. The monoisotopic (exact) mass is 236 g/mol. The van der Waals surface area contributed by atoms with Crippen molar-refractivity contribution in [1.82, 2.24) is 0 Å². The number of hydrogen-bond donors (Lipinski definition) is 2. The summed E-state index contributed by atoms with van der Waals surface area (Å²) in [6.07, 6.45) is 1.05. The van der Waals surface area contributed by atoms with Crippen LogP contribution < -0.4 is 11.1 Å². The van der Waals surface area contributed by atoms with Crippen LogP contribution in [0, 0.1) is 5.41 Å². The van der Waals surface area contributed by atoms with Gasteiger partial charge in [-0.2, -0.15) is 0 Å². The van der Waals surface area contributed by atoms with Crippen LogP contribution >= 0.6 is 11.8 Å². The Morgan fingerprint density at radius 2 is 2.25 bits per heavy atom. The van der Waals surface area contributed by atoms with Gasteiger partial charge in [-0.25, -0.2) is 0 Å². The van der Waals surface area contributed by atoms with Crippen molar-refractivity contribution in [3.63, 3.8) is 0 Å². The van der Waals surface area contributed by atoms with Gasteiger partial charge in [-0.3, -0.25) is 0 Å². The molecule has 1 heterocycles. The summed E-state index contributed by atoms with van der Waals surface area (Å²) in [7, 11) is 0. The average molecular weight is 236 g/mol. The number of nitrogens with two attached hydrogens (primary N) is 1. The first kappa shape index (κ1) is 11.8. The molecule has 88 valence electrons. The third-order valence-electron chi connectivity index (χ3n) is 2.96. The van der Waals surface area contributed by atoms with Gasteiger partial charge in [-0.15, -0.1) is 11.8 Å². The smallest absolute Gasteiger partial charge is 0.0478 e. The van der Waals surface area contributed by atoms with Gasteiger partial charge in [0.25, 0.3) is 0 Å². The zero-order valence-corrected chi connectivity index (χ0v) is 10.9. The molecular weight excluding hydrogens is 216 g/mol. The second-order valence-corrected chi connectivity index (χ2v) is 6.29. The normalized spacial score (nSPS) is 15.4. The quantitative estimate of drug-likeness (QED) is 0.847. The van der Waals surface area contributed by atoms with E-state index < -0.39 is 0 Å². The first-order valence-corrected chi connectivity index (χ1v) is 6.79. The fourth-order valence-electron chi connectivity index (χ4n) is 1.91. The number of thioether (sulfide) groups is 1. The second-order valence-electron chi connectivity index (χ2n) is 5.15. The van der Waals surface area contributed by atoms with Crippen LogP contribution in [0.3, 0.4) is 0 Å². The van der Waals surface area contributed by atoms with Crippen LogP contribution in [0.25, 0.3) is 0 Å². The molecular formula is C13H20N2S. The Labute approximate surface area is 102 Å². The molecule has 0 fully saturated rings. The number of nitrogens with one attached hydrogen (secondary N) is 1. The van der Waals surface area contributed by atoms with Crippen LogP contribution in [-0.4, -0.2) is 18.8 Å². The van der Waals surface area contributed by atoms with Crippen LogP contribution in [0.15, 0.2) is 23.1 Å². The maximum absolute atomic E-state index is 5.77. The number of anilines is 1. The van der Waals surface area contributed by atoms with E-state index in [1.807, 2.05) is 11.8 Å². The average Bonchev–Trinajstić information content (AvgIpc) is 2.28. The first-order chi connectivity index (χ1) is 7.61. The number of rotatable bonds is 3. The Hall–Kier alpha value is -0.670. The van der Waals surface area contributed by atoms with Crippen molar-refractivity contribution in [1.29, 1.82) is 0 Å². The molecule has 0 saturated heterocycles. The van der Waals surface area contributed by atoms with Gasteiger partial charge in [-0.1, -0.05) is 19.9 Å². The van der Waals surface area contributed by atoms with Crippen LogP contribution in [0.1, 0.15) is 19.4 Å². The summed E-state index contributed by atoms with van der Waals surface area (Å²) < 4.78 is 0. The highest BCUT2D eigenvalue weighted by Gasteiger charge is 2.17. The largest absolute Gasteiger partial charge is 0.383 e. The third-order valence-corrected chi connectivity index (χ3v) is 4.01. The number of fused-ring (bicyclic) bond motifs is 1. The summed E-state index contributed by atoms with van der Waals surface area (Å²) in [6.45, 7) is 6.25. The Kier molecular flexibility index (Phi) is 3.45. The zero-order chi connectivity index (χ0) is 11.6. The molecule has 0 aliphatic carbocycles. The molecule has 0 radical (unpaired) electrons. The van der Waals surface area contributed by atoms with Crippen LogP contribution in [0.2, 0.25) is 0 Å². The first-order valence-electron chi connectivity index (χ1n) is 5.80. The molecule has 1 aromatic carbocycles. The fraction of sp³-hybridized carbons (Fsp3) is 0.538. The lowest BCUT2D eigenvalue weighted by atomic mass is 9.86. The van der Waals surface area contributed by atoms with E-state index in [9.17, 15) is 0 Å². The van der Waals surface area contributed by atoms with E-state index in [-0.39, 0.29) is 5.41 Å². The molecule has 0 atom stereocenters. The van der Waals surface area contributed by atoms with Gasteiger partial charge >= 0.3 is 0 Å². The third kappa shape index (κ3) is 2.71. The molecule has 2 rings (SSSR count). The van der Waals surface area contributed by atoms with Crippen molar-refractivity contribution in [2.75, 3.05) is 24.2 Å². The topological polar surface area (TPSA) is 38.0 Å². The molecule has 0 aromatic heterocycles. The number of hydrogen-bond acceptors (Lipinski definition) is 3. The fourth-order valence-corrected chi connectivity index (χ4v) is 2.87. The Morgan fingerprint density at radius 3 is 3.00 bits per heavy atom. The Balaban J connectivity index is 2.17. The predicted octanol–water partition coefficient (Wildman–Crippen LogP) is 2.73. The van der Waals surface area contributed by atoms with Crippen molar-refractivity contribution in [2.45, 2.75) is 25.2 Å². The van der Waals surface area contributed by atoms with E-state index in [1.54, 1.807) is 0 Å². The van der Waals surface area contributed by atoms with Gasteiger partial charge < -0.3 is 11.1 Å². The molecule has 3 N–H and O–H groups in total. The molecule has 3 heteroatoms. The van der Waals surface area contributed by atoms with Crippen LogP contribution in [-0.2, 0) is 6.42 Å². The van der Waals surface area contributed by atoms with E-state index in [0.717, 1.165) is 25.3 Å². The SMILES string of the molecule is CC(C)(CN)Cc1ccc2c(c1)SCCN2. The van der Waals surface area contributed by atoms with Gasteiger partial charge in [0.2, 0.25) is 0 Å². The van der Waals surface area contributed by atoms with Gasteiger partial charge in [-0.05, 0) is 36.1 Å². The molecule has 1 aromatic rings. The Morgan fingerprint density at radius 1 is 1.44 bits per heavy atom. The highest BCUT2D eigenvalue weighted by atomic mass is 32.2. The van der Waals surface area contributed by atoms with Crippen LogP contribution in [0.4, 0.5) is 5.69 Å². The van der Waals surface area contributed by atoms with Crippen molar-refractivity contribution in [2.24, 2.45) is 11.1 Å². The molecule has 16 heavy (non-hydrogen) atoms. The zero-order valence-electron chi connectivity index (χ0n) is 10.0. The highest BCUT2D eigenvalue weighted by molar-refractivity contribution is 7.99. The number of benzene rings is 1. The lowest BCUT2D eigenvalue weighted by molar-refractivity contribution is 0.376. The van der Waals surface area contributed by atoms with Gasteiger partial charge in [0.1, 0.15) is 0 Å². The predicted molar refractivity (Wildman–Crippen MR) is 72.2 cm³/mol. The Bertz CT molecular complexity index is 374. The minimum atomic E-state index is 0.195. The summed E-state index contributed by atoms with van der Waals surface area (Å²) in [5, 5.41) is 3.42. The maximum Gasteiger partial charge on any atom is 0.0478 e. The standard InChI is InChI=1S/C13H20N2S/c1-13(2,9-14)8-10-3-4-11-12(7-10)16-6-5-15-11/h3-4,7,15H,5-6,8-9,14H2,1-2H3. The molecule has 2 nitrogen and oxygen atoms in total. The molecule has 0 unspecified atom stereocenters. The summed E-state index contributed by atoms with van der Waals surface area (Å²) >= 11 is 1.94. The van der Waals surface area contributed by atoms with E-state index in [4.69, 9.17) is 5.73 Å². The van der Waals surface area contributed by atoms with E-state index in [0.29, 0.717) is 0 Å². The van der Waals surface area contributed by atoms with Crippen molar-refractivity contribution >= 4 is 17.4 Å². The summed E-state index contributed by atoms with van der Waals surface area (Å²) in [4.78, 5) is 1.39. The summed E-state index contributed by atoms with van der Waals surface area (Å²) in [6, 6.07) is 6.72. The van der Waals surface area contributed by atoms with E-state index >= 15 is 0 Å².